The third-order valence-corrected chi connectivity index (χ3v) is 7.20. The number of sulfone groups is 1. The van der Waals surface area contributed by atoms with E-state index in [9.17, 15) is 36.3 Å². The molecule has 2 fully saturated rings. The van der Waals surface area contributed by atoms with E-state index in [0.717, 1.165) is 18.2 Å². The first-order chi connectivity index (χ1) is 13.4. The molecule has 8 nitrogen and oxygen atoms in total. The summed E-state index contributed by atoms with van der Waals surface area (Å²) in [7, 11) is -4.34. The van der Waals surface area contributed by atoms with Crippen LogP contribution in [-0.2, 0) is 20.8 Å². The number of nitrogens with one attached hydrogen (secondary N) is 1. The van der Waals surface area contributed by atoms with Crippen LogP contribution in [0.15, 0.2) is 29.2 Å². The largest absolute Gasteiger partial charge is 0.465 e. The van der Waals surface area contributed by atoms with Crippen molar-refractivity contribution in [3.63, 3.8) is 0 Å². The Bertz CT molecular complexity index is 998. The molecule has 29 heavy (non-hydrogen) atoms. The lowest BCUT2D eigenvalue weighted by Gasteiger charge is -2.21. The zero-order valence-corrected chi connectivity index (χ0v) is 15.6. The minimum atomic E-state index is -4.74. The number of carboxylic acid groups (broad SMARTS) is 1. The molecular weight excluding hydrogens is 415 g/mol. The molecule has 2 unspecified atom stereocenters. The lowest BCUT2D eigenvalue weighted by molar-refractivity contribution is -0.137. The van der Waals surface area contributed by atoms with Gasteiger partial charge in [0.1, 0.15) is 11.6 Å². The smallest absolute Gasteiger partial charge is 0.416 e. The van der Waals surface area contributed by atoms with Crippen molar-refractivity contribution in [3.05, 3.63) is 29.8 Å². The average molecular weight is 431 g/mol. The first kappa shape index (κ1) is 20.9. The topological polar surface area (TPSA) is 128 Å². The first-order valence-electron chi connectivity index (χ1n) is 8.54. The highest BCUT2D eigenvalue weighted by Gasteiger charge is 2.50. The van der Waals surface area contributed by atoms with E-state index in [0.29, 0.717) is 23.8 Å². The summed E-state index contributed by atoms with van der Waals surface area (Å²) in [5, 5.41) is 19.5. The van der Waals surface area contributed by atoms with E-state index in [4.69, 9.17) is 5.26 Å². The fourth-order valence-corrected chi connectivity index (χ4v) is 4.97. The van der Waals surface area contributed by atoms with Gasteiger partial charge in [-0.25, -0.2) is 13.2 Å². The van der Waals surface area contributed by atoms with Gasteiger partial charge in [0.2, 0.25) is 5.91 Å². The maximum Gasteiger partial charge on any atom is 0.416 e. The van der Waals surface area contributed by atoms with Gasteiger partial charge in [0.05, 0.1) is 21.8 Å². The lowest BCUT2D eigenvalue weighted by Crippen LogP contribution is -2.49. The summed E-state index contributed by atoms with van der Waals surface area (Å²) in [5.74, 6) is -0.798. The zero-order valence-electron chi connectivity index (χ0n) is 14.8. The van der Waals surface area contributed by atoms with E-state index in [-0.39, 0.29) is 0 Å². The van der Waals surface area contributed by atoms with Crippen LogP contribution in [0.5, 0.6) is 0 Å². The molecule has 2 N–H and O–H groups in total. The molecule has 1 aromatic carbocycles. The third-order valence-electron chi connectivity index (χ3n) is 5.07. The number of carbonyl (C=O) groups is 2. The molecule has 1 aromatic rings. The number of amides is 2. The number of alkyl halides is 3. The van der Waals surface area contributed by atoms with Crippen molar-refractivity contribution in [1.82, 2.24) is 10.2 Å². The minimum Gasteiger partial charge on any atom is -0.465 e. The van der Waals surface area contributed by atoms with Gasteiger partial charge in [0.25, 0.3) is 0 Å². The van der Waals surface area contributed by atoms with Crippen molar-refractivity contribution in [1.29, 1.82) is 5.26 Å². The number of rotatable bonds is 4. The number of carbonyl (C=O) groups excluding carboxylic acids is 1. The molecule has 1 saturated carbocycles. The number of benzene rings is 1. The van der Waals surface area contributed by atoms with Crippen molar-refractivity contribution >= 4 is 21.8 Å². The summed E-state index contributed by atoms with van der Waals surface area (Å²) in [6, 6.07) is 3.72. The van der Waals surface area contributed by atoms with Crippen LogP contribution in [0.3, 0.4) is 0 Å². The molecule has 1 aliphatic carbocycles. The molecule has 0 radical (unpaired) electrons. The van der Waals surface area contributed by atoms with Gasteiger partial charge in [-0.1, -0.05) is 6.07 Å². The minimum absolute atomic E-state index is 0.404. The van der Waals surface area contributed by atoms with Gasteiger partial charge in [0.15, 0.2) is 9.84 Å². The summed E-state index contributed by atoms with van der Waals surface area (Å²) in [5.41, 5.74) is -2.22. The summed E-state index contributed by atoms with van der Waals surface area (Å²) in [4.78, 5) is 24.0. The number of nitriles is 1. The summed E-state index contributed by atoms with van der Waals surface area (Å²) >= 11 is 0. The third kappa shape index (κ3) is 4.00. The van der Waals surface area contributed by atoms with E-state index in [1.165, 1.54) is 0 Å². The van der Waals surface area contributed by atoms with Crippen LogP contribution in [-0.4, -0.2) is 53.8 Å². The average Bonchev–Trinajstić information content (AvgIpc) is 3.26. The molecule has 0 aromatic heterocycles. The SMILES string of the molecule is N#CC1(NC(=O)C2CC(S(=O)(=O)c3cccc(C(F)(F)F)c3)CN2C(=O)O)CC1. The van der Waals surface area contributed by atoms with Crippen molar-refractivity contribution in [3.8, 4) is 6.07 Å². The van der Waals surface area contributed by atoms with Crippen LogP contribution in [0.4, 0.5) is 18.0 Å². The standard InChI is InChI=1S/C17H16F3N3O5S/c18-17(19,20)10-2-1-3-11(6-10)29(27,28)12-7-13(23(8-12)15(25)26)14(24)22-16(9-21)4-5-16/h1-3,6,12-13H,4-5,7-8H2,(H,22,24)(H,25,26). The second-order valence-electron chi connectivity index (χ2n) is 7.06. The highest BCUT2D eigenvalue weighted by molar-refractivity contribution is 7.92. The van der Waals surface area contributed by atoms with Gasteiger partial charge in [-0.05, 0) is 37.5 Å². The molecule has 12 heteroatoms. The zero-order chi connectivity index (χ0) is 21.6. The Morgan fingerprint density at radius 3 is 2.48 bits per heavy atom. The van der Waals surface area contributed by atoms with Crippen LogP contribution in [0.25, 0.3) is 0 Å². The Morgan fingerprint density at radius 2 is 1.97 bits per heavy atom. The van der Waals surface area contributed by atoms with Crippen LogP contribution in [0.2, 0.25) is 0 Å². The number of hydrogen-bond donors (Lipinski definition) is 2. The Balaban J connectivity index is 1.86. The number of hydrogen-bond acceptors (Lipinski definition) is 5. The molecule has 1 saturated heterocycles. The molecule has 0 spiro atoms. The van der Waals surface area contributed by atoms with E-state index < -0.39 is 68.3 Å². The predicted octanol–water partition coefficient (Wildman–Crippen LogP) is 1.77. The van der Waals surface area contributed by atoms with Crippen molar-refractivity contribution in [2.45, 2.75) is 47.2 Å². The van der Waals surface area contributed by atoms with Crippen molar-refractivity contribution in [2.24, 2.45) is 0 Å². The molecule has 1 aliphatic heterocycles. The molecule has 2 amide bonds. The van der Waals surface area contributed by atoms with Crippen LogP contribution < -0.4 is 5.32 Å². The van der Waals surface area contributed by atoms with Gasteiger partial charge in [0, 0.05) is 6.54 Å². The van der Waals surface area contributed by atoms with Gasteiger partial charge in [-0.2, -0.15) is 18.4 Å². The Kier molecular flexibility index (Phi) is 4.98. The molecule has 2 atom stereocenters. The Hall–Kier alpha value is -2.81. The second kappa shape index (κ2) is 6.91. The molecular formula is C17H16F3N3O5S. The van der Waals surface area contributed by atoms with Gasteiger partial charge >= 0.3 is 12.3 Å². The van der Waals surface area contributed by atoms with E-state index in [1.54, 1.807) is 0 Å². The van der Waals surface area contributed by atoms with E-state index >= 15 is 0 Å². The summed E-state index contributed by atoms with van der Waals surface area (Å²) < 4.78 is 64.4. The second-order valence-corrected chi connectivity index (χ2v) is 9.29. The van der Waals surface area contributed by atoms with Crippen molar-refractivity contribution < 1.29 is 36.3 Å². The number of halogens is 3. The van der Waals surface area contributed by atoms with Crippen LogP contribution in [0.1, 0.15) is 24.8 Å². The normalized spacial score (nSPS) is 23.3. The summed E-state index contributed by atoms with van der Waals surface area (Å²) in [6.45, 7) is -0.564. The quantitative estimate of drug-likeness (QED) is 0.748. The maximum atomic E-state index is 12.9. The predicted molar refractivity (Wildman–Crippen MR) is 91.3 cm³/mol. The maximum absolute atomic E-state index is 12.9. The monoisotopic (exact) mass is 431 g/mol. The van der Waals surface area contributed by atoms with Crippen LogP contribution >= 0.6 is 0 Å². The Morgan fingerprint density at radius 1 is 1.31 bits per heavy atom. The van der Waals surface area contributed by atoms with E-state index in [2.05, 4.69) is 5.32 Å². The highest BCUT2D eigenvalue weighted by atomic mass is 32.2. The van der Waals surface area contributed by atoms with Gasteiger partial charge < -0.3 is 10.4 Å². The van der Waals surface area contributed by atoms with E-state index in [1.807, 2.05) is 6.07 Å². The highest BCUT2D eigenvalue weighted by Crippen LogP contribution is 2.36. The molecule has 3 rings (SSSR count). The molecule has 2 aliphatic rings. The fraction of sp³-hybridized carbons (Fsp3) is 0.471. The van der Waals surface area contributed by atoms with Gasteiger partial charge in [-0.15, -0.1) is 0 Å². The van der Waals surface area contributed by atoms with Gasteiger partial charge in [-0.3, -0.25) is 9.69 Å². The number of likely N-dealkylation sites (tertiary alicyclic amines) is 1. The molecule has 1 heterocycles. The Labute approximate surface area is 163 Å². The fourth-order valence-electron chi connectivity index (χ4n) is 3.23. The molecule has 156 valence electrons. The molecule has 0 bridgehead atoms. The number of nitrogens with zero attached hydrogens (tertiary/aromatic N) is 2. The van der Waals surface area contributed by atoms with Crippen molar-refractivity contribution in [2.75, 3.05) is 6.54 Å². The first-order valence-corrected chi connectivity index (χ1v) is 10.1. The summed E-state index contributed by atoms with van der Waals surface area (Å²) in [6.07, 6.45) is -5.89. The lowest BCUT2D eigenvalue weighted by atomic mass is 10.2. The van der Waals surface area contributed by atoms with Crippen LogP contribution in [0, 0.1) is 11.3 Å².